The van der Waals surface area contributed by atoms with Gasteiger partial charge in [-0.15, -0.1) is 0 Å². The molecule has 16 heavy (non-hydrogen) atoms. The molecule has 0 atom stereocenters. The van der Waals surface area contributed by atoms with Crippen LogP contribution in [0.4, 0.5) is 0 Å². The predicted octanol–water partition coefficient (Wildman–Crippen LogP) is 1.56. The number of pyridine rings is 1. The van der Waals surface area contributed by atoms with Crippen LogP contribution >= 0.6 is 0 Å². The van der Waals surface area contributed by atoms with E-state index in [2.05, 4.69) is 29.1 Å². The topological polar surface area (TPSA) is 42.1 Å². The van der Waals surface area contributed by atoms with E-state index in [4.69, 9.17) is 5.73 Å². The quantitative estimate of drug-likeness (QED) is 0.835. The largest absolute Gasteiger partial charge is 0.328 e. The van der Waals surface area contributed by atoms with Crippen molar-refractivity contribution in [1.82, 2.24) is 9.88 Å². The fourth-order valence-corrected chi connectivity index (χ4v) is 2.41. The summed E-state index contributed by atoms with van der Waals surface area (Å²) >= 11 is 0. The first-order valence-corrected chi connectivity index (χ1v) is 6.00. The Kier molecular flexibility index (Phi) is 3.56. The summed E-state index contributed by atoms with van der Waals surface area (Å²) in [7, 11) is 2.16. The zero-order valence-corrected chi connectivity index (χ0v) is 10.2. The highest BCUT2D eigenvalue weighted by atomic mass is 15.1. The molecule has 1 fully saturated rings. The minimum Gasteiger partial charge on any atom is -0.328 e. The van der Waals surface area contributed by atoms with Crippen molar-refractivity contribution in [2.45, 2.75) is 32.4 Å². The molecule has 0 spiro atoms. The van der Waals surface area contributed by atoms with Crippen LogP contribution in [-0.2, 0) is 6.54 Å². The molecule has 2 N–H and O–H groups in total. The second-order valence-corrected chi connectivity index (χ2v) is 5.06. The summed E-state index contributed by atoms with van der Waals surface area (Å²) in [6.45, 7) is 4.12. The maximum absolute atomic E-state index is 5.79. The predicted molar refractivity (Wildman–Crippen MR) is 66.0 cm³/mol. The lowest BCUT2D eigenvalue weighted by atomic mass is 9.80. The molecular formula is C13H21N3. The number of nitrogens with zero attached hydrogens (tertiary/aromatic N) is 2. The van der Waals surface area contributed by atoms with Gasteiger partial charge in [0, 0.05) is 24.8 Å². The monoisotopic (exact) mass is 219 g/mol. The van der Waals surface area contributed by atoms with Crippen molar-refractivity contribution in [3.8, 4) is 0 Å². The van der Waals surface area contributed by atoms with Crippen LogP contribution in [0.3, 0.4) is 0 Å². The number of aromatic nitrogens is 1. The number of hydrogen-bond donors (Lipinski definition) is 1. The van der Waals surface area contributed by atoms with Gasteiger partial charge in [-0.1, -0.05) is 6.07 Å². The average molecular weight is 219 g/mol. The normalized spacial score (nSPS) is 24.5. The van der Waals surface area contributed by atoms with Gasteiger partial charge in [0.15, 0.2) is 0 Å². The van der Waals surface area contributed by atoms with Crippen molar-refractivity contribution >= 4 is 0 Å². The van der Waals surface area contributed by atoms with Gasteiger partial charge in [-0.3, -0.25) is 4.98 Å². The highest BCUT2D eigenvalue weighted by molar-refractivity contribution is 5.09. The first-order valence-electron chi connectivity index (χ1n) is 6.00. The molecule has 0 saturated heterocycles. The van der Waals surface area contributed by atoms with Gasteiger partial charge in [0.05, 0.1) is 5.69 Å². The highest BCUT2D eigenvalue weighted by Gasteiger charge is 2.26. The lowest BCUT2D eigenvalue weighted by Gasteiger charge is -2.35. The Labute approximate surface area is 97.7 Å². The summed E-state index contributed by atoms with van der Waals surface area (Å²) in [6, 6.07) is 6.66. The van der Waals surface area contributed by atoms with Crippen LogP contribution in [0.1, 0.15) is 24.2 Å². The molecule has 0 aromatic carbocycles. The second-order valence-electron chi connectivity index (χ2n) is 5.06. The van der Waals surface area contributed by atoms with Crippen LogP contribution < -0.4 is 5.73 Å². The Balaban J connectivity index is 1.80. The van der Waals surface area contributed by atoms with E-state index in [1.165, 1.54) is 12.8 Å². The molecule has 3 nitrogen and oxygen atoms in total. The van der Waals surface area contributed by atoms with Gasteiger partial charge in [-0.2, -0.15) is 0 Å². The molecule has 1 aliphatic carbocycles. The Morgan fingerprint density at radius 3 is 2.81 bits per heavy atom. The second kappa shape index (κ2) is 4.93. The zero-order chi connectivity index (χ0) is 11.5. The first kappa shape index (κ1) is 11.6. The minimum absolute atomic E-state index is 0.454. The molecule has 2 rings (SSSR count). The lowest BCUT2D eigenvalue weighted by Crippen LogP contribution is -2.41. The van der Waals surface area contributed by atoms with Gasteiger partial charge >= 0.3 is 0 Å². The van der Waals surface area contributed by atoms with E-state index in [9.17, 15) is 0 Å². The van der Waals surface area contributed by atoms with E-state index in [1.54, 1.807) is 0 Å². The van der Waals surface area contributed by atoms with Crippen molar-refractivity contribution in [1.29, 1.82) is 0 Å². The van der Waals surface area contributed by atoms with Gasteiger partial charge in [0.2, 0.25) is 0 Å². The molecule has 3 heteroatoms. The Hall–Kier alpha value is -0.930. The average Bonchev–Trinajstić information content (AvgIpc) is 2.15. The third-order valence-corrected chi connectivity index (χ3v) is 3.22. The molecule has 0 bridgehead atoms. The van der Waals surface area contributed by atoms with Gasteiger partial charge in [-0.05, 0) is 44.9 Å². The zero-order valence-electron chi connectivity index (χ0n) is 10.2. The third kappa shape index (κ3) is 3.03. The molecule has 0 unspecified atom stereocenters. The summed E-state index contributed by atoms with van der Waals surface area (Å²) in [5, 5.41) is 0. The summed E-state index contributed by atoms with van der Waals surface area (Å²) in [5.74, 6) is 0.796. The fraction of sp³-hybridized carbons (Fsp3) is 0.615. The van der Waals surface area contributed by atoms with Gasteiger partial charge in [0.25, 0.3) is 0 Å². The maximum Gasteiger partial charge on any atom is 0.0547 e. The standard InChI is InChI=1S/C13H21N3/c1-10-4-3-5-13(15-10)9-16(2)8-11-6-12(14)7-11/h3-5,11-12H,6-9,14H2,1-2H3. The van der Waals surface area contributed by atoms with Gasteiger partial charge < -0.3 is 10.6 Å². The van der Waals surface area contributed by atoms with E-state index in [-0.39, 0.29) is 0 Å². The molecule has 1 aromatic rings. The molecule has 1 aromatic heterocycles. The van der Waals surface area contributed by atoms with Crippen LogP contribution in [0.15, 0.2) is 18.2 Å². The third-order valence-electron chi connectivity index (χ3n) is 3.22. The van der Waals surface area contributed by atoms with Crippen molar-refractivity contribution < 1.29 is 0 Å². The van der Waals surface area contributed by atoms with Crippen molar-refractivity contribution in [2.24, 2.45) is 11.7 Å². The summed E-state index contributed by atoms with van der Waals surface area (Å²) in [5.41, 5.74) is 8.04. The Morgan fingerprint density at radius 2 is 2.19 bits per heavy atom. The lowest BCUT2D eigenvalue weighted by molar-refractivity contribution is 0.177. The molecule has 0 amide bonds. The molecule has 1 saturated carbocycles. The molecular weight excluding hydrogens is 198 g/mol. The van der Waals surface area contributed by atoms with Crippen LogP contribution in [0.2, 0.25) is 0 Å². The van der Waals surface area contributed by atoms with Crippen LogP contribution in [0.5, 0.6) is 0 Å². The molecule has 1 aliphatic rings. The summed E-state index contributed by atoms with van der Waals surface area (Å²) in [4.78, 5) is 6.86. The molecule has 1 heterocycles. The highest BCUT2D eigenvalue weighted by Crippen LogP contribution is 2.26. The first-order chi connectivity index (χ1) is 7.63. The van der Waals surface area contributed by atoms with Crippen molar-refractivity contribution in [2.75, 3.05) is 13.6 Å². The number of nitrogens with two attached hydrogens (primary N) is 1. The smallest absolute Gasteiger partial charge is 0.0547 e. The van der Waals surface area contributed by atoms with E-state index in [0.717, 1.165) is 30.4 Å². The maximum atomic E-state index is 5.79. The van der Waals surface area contributed by atoms with Crippen molar-refractivity contribution in [3.63, 3.8) is 0 Å². The van der Waals surface area contributed by atoms with E-state index in [1.807, 2.05) is 13.0 Å². The molecule has 88 valence electrons. The Morgan fingerprint density at radius 1 is 1.44 bits per heavy atom. The number of rotatable bonds is 4. The van der Waals surface area contributed by atoms with Gasteiger partial charge in [-0.25, -0.2) is 0 Å². The van der Waals surface area contributed by atoms with Crippen molar-refractivity contribution in [3.05, 3.63) is 29.6 Å². The number of hydrogen-bond acceptors (Lipinski definition) is 3. The van der Waals surface area contributed by atoms with Crippen LogP contribution in [-0.4, -0.2) is 29.5 Å². The van der Waals surface area contributed by atoms with E-state index >= 15 is 0 Å². The Bertz CT molecular complexity index is 345. The summed E-state index contributed by atoms with van der Waals surface area (Å²) in [6.07, 6.45) is 2.37. The fourth-order valence-electron chi connectivity index (χ4n) is 2.41. The minimum atomic E-state index is 0.454. The SMILES string of the molecule is Cc1cccc(CN(C)CC2CC(N)C2)n1. The van der Waals surface area contributed by atoms with Crippen LogP contribution in [0.25, 0.3) is 0 Å². The summed E-state index contributed by atoms with van der Waals surface area (Å²) < 4.78 is 0. The van der Waals surface area contributed by atoms with Gasteiger partial charge in [0.1, 0.15) is 0 Å². The van der Waals surface area contributed by atoms with Crippen LogP contribution in [0, 0.1) is 12.8 Å². The van der Waals surface area contributed by atoms with E-state index in [0.29, 0.717) is 6.04 Å². The van der Waals surface area contributed by atoms with E-state index < -0.39 is 0 Å². The number of aryl methyl sites for hydroxylation is 1. The molecule has 0 aliphatic heterocycles. The molecule has 0 radical (unpaired) electrons.